The summed E-state index contributed by atoms with van der Waals surface area (Å²) in [6.07, 6.45) is 4.89. The van der Waals surface area contributed by atoms with Crippen molar-refractivity contribution in [1.82, 2.24) is 15.2 Å². The number of rotatable bonds is 5. The van der Waals surface area contributed by atoms with Gasteiger partial charge in [0, 0.05) is 45.2 Å². The maximum Gasteiger partial charge on any atom is 0.268 e. The summed E-state index contributed by atoms with van der Waals surface area (Å²) in [7, 11) is 0. The van der Waals surface area contributed by atoms with Gasteiger partial charge < -0.3 is 15.4 Å². The van der Waals surface area contributed by atoms with Crippen molar-refractivity contribution >= 4 is 17.5 Å². The van der Waals surface area contributed by atoms with Gasteiger partial charge in [-0.3, -0.25) is 14.5 Å². The molecule has 29 heavy (non-hydrogen) atoms. The van der Waals surface area contributed by atoms with Gasteiger partial charge in [0.2, 0.25) is 5.88 Å². The fourth-order valence-corrected chi connectivity index (χ4v) is 4.01. The number of carbonyl (C=O) groups is 2. The molecular weight excluding hydrogens is 368 g/mol. The van der Waals surface area contributed by atoms with Crippen LogP contribution in [0.2, 0.25) is 0 Å². The first-order valence-electron chi connectivity index (χ1n) is 10.2. The number of hydrogen-bond donors (Lipinski definition) is 2. The first-order chi connectivity index (χ1) is 14.1. The van der Waals surface area contributed by atoms with Crippen LogP contribution in [0.25, 0.3) is 0 Å². The highest BCUT2D eigenvalue weighted by Crippen LogP contribution is 2.45. The van der Waals surface area contributed by atoms with Crippen molar-refractivity contribution in [2.75, 3.05) is 25.0 Å². The van der Waals surface area contributed by atoms with Gasteiger partial charge in [-0.25, -0.2) is 4.98 Å². The van der Waals surface area contributed by atoms with E-state index in [2.05, 4.69) is 44.8 Å². The predicted molar refractivity (Wildman–Crippen MR) is 108 cm³/mol. The average Bonchev–Trinajstić information content (AvgIpc) is 3.52. The van der Waals surface area contributed by atoms with Crippen molar-refractivity contribution in [1.29, 1.82) is 0 Å². The van der Waals surface area contributed by atoms with Crippen molar-refractivity contribution in [3.63, 3.8) is 0 Å². The molecule has 1 aliphatic carbocycles. The van der Waals surface area contributed by atoms with Crippen LogP contribution in [0.5, 0.6) is 5.88 Å². The zero-order valence-corrected chi connectivity index (χ0v) is 16.2. The summed E-state index contributed by atoms with van der Waals surface area (Å²) >= 11 is 0. The molecule has 1 aromatic carbocycles. The van der Waals surface area contributed by atoms with E-state index in [1.807, 2.05) is 0 Å². The zero-order chi connectivity index (χ0) is 19.8. The highest BCUT2D eigenvalue weighted by molar-refractivity contribution is 6.03. The van der Waals surface area contributed by atoms with Crippen molar-refractivity contribution in [3.8, 4) is 5.88 Å². The summed E-state index contributed by atoms with van der Waals surface area (Å²) < 4.78 is 5.71. The van der Waals surface area contributed by atoms with Crippen LogP contribution in [-0.4, -0.2) is 46.9 Å². The number of nitrogens with zero attached hydrogens (tertiary/aromatic N) is 2. The zero-order valence-electron chi connectivity index (χ0n) is 16.2. The molecule has 2 amide bonds. The Morgan fingerprint density at radius 3 is 2.93 bits per heavy atom. The summed E-state index contributed by atoms with van der Waals surface area (Å²) in [5.41, 5.74) is 3.01. The molecule has 3 heterocycles. The van der Waals surface area contributed by atoms with E-state index in [9.17, 15) is 9.59 Å². The number of nitrogens with one attached hydrogen (secondary N) is 2. The van der Waals surface area contributed by atoms with Gasteiger partial charge in [0.1, 0.15) is 5.69 Å². The number of pyridine rings is 1. The molecule has 150 valence electrons. The summed E-state index contributed by atoms with van der Waals surface area (Å²) in [6.45, 7) is 3.57. The van der Waals surface area contributed by atoms with Crippen molar-refractivity contribution in [3.05, 3.63) is 53.2 Å². The minimum Gasteiger partial charge on any atom is -0.459 e. The lowest BCUT2D eigenvalue weighted by Gasteiger charge is -2.28. The van der Waals surface area contributed by atoms with Crippen LogP contribution in [0.1, 0.15) is 40.7 Å². The first-order valence-corrected chi connectivity index (χ1v) is 10.2. The smallest absolute Gasteiger partial charge is 0.268 e. The Kier molecular flexibility index (Phi) is 4.47. The Morgan fingerprint density at radius 2 is 2.10 bits per heavy atom. The van der Waals surface area contributed by atoms with Gasteiger partial charge in [-0.2, -0.15) is 0 Å². The SMILES string of the molecule is O=C(NCCCN1CCc2ccccc2C1)c1cnc2c(c1)NC(=O)C1(CC1)O2. The van der Waals surface area contributed by atoms with Gasteiger partial charge >= 0.3 is 0 Å². The fraction of sp³-hybridized carbons (Fsp3) is 0.409. The van der Waals surface area contributed by atoms with Crippen molar-refractivity contribution in [2.45, 2.75) is 37.8 Å². The van der Waals surface area contributed by atoms with Crippen LogP contribution in [0.15, 0.2) is 36.5 Å². The summed E-state index contributed by atoms with van der Waals surface area (Å²) in [4.78, 5) is 31.2. The minimum absolute atomic E-state index is 0.146. The van der Waals surface area contributed by atoms with Gasteiger partial charge in [0.15, 0.2) is 5.60 Å². The van der Waals surface area contributed by atoms with Gasteiger partial charge in [0.05, 0.1) is 5.56 Å². The Labute approximate surface area is 169 Å². The predicted octanol–water partition coefficient (Wildman–Crippen LogP) is 2.12. The molecule has 2 N–H and O–H groups in total. The molecule has 0 saturated heterocycles. The van der Waals surface area contributed by atoms with Crippen LogP contribution < -0.4 is 15.4 Å². The van der Waals surface area contributed by atoms with Gasteiger partial charge in [0.25, 0.3) is 11.8 Å². The molecule has 7 nitrogen and oxygen atoms in total. The number of anilines is 1. The van der Waals surface area contributed by atoms with Crippen LogP contribution in [0.3, 0.4) is 0 Å². The number of amides is 2. The molecule has 5 rings (SSSR count). The van der Waals surface area contributed by atoms with Crippen LogP contribution in [0.4, 0.5) is 5.69 Å². The largest absolute Gasteiger partial charge is 0.459 e. The quantitative estimate of drug-likeness (QED) is 0.762. The van der Waals surface area contributed by atoms with Crippen molar-refractivity contribution < 1.29 is 14.3 Å². The Bertz CT molecular complexity index is 970. The van der Waals surface area contributed by atoms with E-state index in [1.165, 1.54) is 17.3 Å². The minimum atomic E-state index is -0.723. The fourth-order valence-electron chi connectivity index (χ4n) is 4.01. The number of benzene rings is 1. The third-order valence-corrected chi connectivity index (χ3v) is 5.92. The third kappa shape index (κ3) is 3.58. The Hall–Kier alpha value is -2.93. The number of hydrogen-bond acceptors (Lipinski definition) is 5. The maximum absolute atomic E-state index is 12.4. The molecular formula is C22H24N4O3. The lowest BCUT2D eigenvalue weighted by atomic mass is 10.00. The molecule has 2 aromatic rings. The number of ether oxygens (including phenoxy) is 1. The van der Waals surface area contributed by atoms with Crippen LogP contribution >= 0.6 is 0 Å². The van der Waals surface area contributed by atoms with Gasteiger partial charge in [-0.1, -0.05) is 24.3 Å². The molecule has 7 heteroatoms. The van der Waals surface area contributed by atoms with Gasteiger partial charge in [-0.05, 0) is 30.0 Å². The summed E-state index contributed by atoms with van der Waals surface area (Å²) in [5, 5.41) is 5.76. The topological polar surface area (TPSA) is 83.6 Å². The third-order valence-electron chi connectivity index (χ3n) is 5.92. The van der Waals surface area contributed by atoms with E-state index in [4.69, 9.17) is 4.74 Å². The normalized spacial score (nSPS) is 19.0. The summed E-state index contributed by atoms with van der Waals surface area (Å²) in [6, 6.07) is 10.2. The second-order valence-corrected chi connectivity index (χ2v) is 8.03. The molecule has 0 radical (unpaired) electrons. The maximum atomic E-state index is 12.4. The molecule has 1 saturated carbocycles. The molecule has 3 aliphatic rings. The average molecular weight is 392 g/mol. The van der Waals surface area contributed by atoms with Crippen molar-refractivity contribution in [2.24, 2.45) is 0 Å². The molecule has 2 aliphatic heterocycles. The van der Waals surface area contributed by atoms with E-state index in [0.29, 0.717) is 36.5 Å². The highest BCUT2D eigenvalue weighted by Gasteiger charge is 2.55. The molecule has 1 aromatic heterocycles. The van der Waals surface area contributed by atoms with Gasteiger partial charge in [-0.15, -0.1) is 0 Å². The number of fused-ring (bicyclic) bond motifs is 2. The van der Waals surface area contributed by atoms with Crippen LogP contribution in [0, 0.1) is 0 Å². The van der Waals surface area contributed by atoms with E-state index < -0.39 is 5.60 Å². The number of carbonyl (C=O) groups excluding carboxylic acids is 2. The molecule has 1 fully saturated rings. The lowest BCUT2D eigenvalue weighted by Crippen LogP contribution is -2.39. The van der Waals surface area contributed by atoms with E-state index in [-0.39, 0.29) is 11.8 Å². The lowest BCUT2D eigenvalue weighted by molar-refractivity contribution is -0.125. The Morgan fingerprint density at radius 1 is 1.28 bits per heavy atom. The van der Waals surface area contributed by atoms with E-state index in [1.54, 1.807) is 6.07 Å². The van der Waals surface area contributed by atoms with Crippen LogP contribution in [-0.2, 0) is 17.8 Å². The second-order valence-electron chi connectivity index (χ2n) is 8.03. The second kappa shape index (κ2) is 7.15. The Balaban J connectivity index is 1.11. The van der Waals surface area contributed by atoms with E-state index >= 15 is 0 Å². The summed E-state index contributed by atoms with van der Waals surface area (Å²) in [5.74, 6) is 0.0572. The molecule has 0 unspecified atom stereocenters. The highest BCUT2D eigenvalue weighted by atomic mass is 16.5. The molecule has 1 spiro atoms. The molecule has 0 atom stereocenters. The first kappa shape index (κ1) is 18.1. The van der Waals surface area contributed by atoms with E-state index in [0.717, 1.165) is 32.5 Å². The molecule has 0 bridgehead atoms. The number of aromatic nitrogens is 1. The standard InChI is InChI=1S/C22H24N4O3/c27-19(17-12-18-20(24-13-17)29-22(7-8-22)21(28)25-18)23-9-3-10-26-11-6-15-4-1-2-5-16(15)14-26/h1-2,4-5,12-13H,3,6-11,14H2,(H,23,27)(H,25,28). The monoisotopic (exact) mass is 392 g/mol.